The average Bonchev–Trinajstić information content (AvgIpc) is 3.02. The van der Waals surface area contributed by atoms with Crippen LogP contribution in [0.2, 0.25) is 0 Å². The Labute approximate surface area is 242 Å². The van der Waals surface area contributed by atoms with E-state index in [-0.39, 0.29) is 0 Å². The minimum atomic E-state index is 0.616. The summed E-state index contributed by atoms with van der Waals surface area (Å²) >= 11 is 0. The molecular weight excluding hydrogens is 518 g/mol. The molecule has 0 aromatic heterocycles. The zero-order valence-electron chi connectivity index (χ0n) is 23.8. The molecule has 1 N–H and O–H groups in total. The summed E-state index contributed by atoms with van der Waals surface area (Å²) in [5.74, 6) is 2.30. The fourth-order valence-electron chi connectivity index (χ4n) is 4.13. The summed E-state index contributed by atoms with van der Waals surface area (Å²) in [4.78, 5) is 10.6. The normalized spacial score (nSPS) is 10.8. The summed E-state index contributed by atoms with van der Waals surface area (Å²) in [6.07, 6.45) is 3.63. The van der Waals surface area contributed by atoms with Crippen LogP contribution in [-0.2, 0) is 27.3 Å². The van der Waals surface area contributed by atoms with E-state index >= 15 is 0 Å². The Balaban J connectivity index is 1.16. The van der Waals surface area contributed by atoms with Gasteiger partial charge in [0, 0.05) is 40.3 Å². The molecule has 0 heterocycles. The van der Waals surface area contributed by atoms with Crippen molar-refractivity contribution in [2.24, 2.45) is 0 Å². The lowest BCUT2D eigenvalue weighted by Crippen LogP contribution is -2.05. The first-order valence-electron chi connectivity index (χ1n) is 13.9. The number of anilines is 1. The molecule has 4 rings (SSSR count). The van der Waals surface area contributed by atoms with Crippen molar-refractivity contribution in [3.05, 3.63) is 108 Å². The highest BCUT2D eigenvalue weighted by molar-refractivity contribution is 5.64. The van der Waals surface area contributed by atoms with Gasteiger partial charge in [-0.05, 0) is 83.6 Å². The monoisotopic (exact) mass is 557 g/mol. The van der Waals surface area contributed by atoms with E-state index < -0.39 is 0 Å². The van der Waals surface area contributed by atoms with E-state index in [0.29, 0.717) is 32.2 Å². The molecule has 0 aliphatic carbocycles. The van der Waals surface area contributed by atoms with Crippen molar-refractivity contribution in [2.45, 2.75) is 25.7 Å². The molecule has 4 aromatic carbocycles. The van der Waals surface area contributed by atoms with Gasteiger partial charge in [0.2, 0.25) is 0 Å². The highest BCUT2D eigenvalue weighted by Crippen LogP contribution is 2.24. The van der Waals surface area contributed by atoms with Gasteiger partial charge in [0.25, 0.3) is 0 Å². The van der Waals surface area contributed by atoms with Crippen LogP contribution in [0.5, 0.6) is 17.2 Å². The maximum absolute atomic E-state index is 5.75. The third-order valence-corrected chi connectivity index (χ3v) is 6.44. The second kappa shape index (κ2) is 16.9. The van der Waals surface area contributed by atoms with Crippen LogP contribution in [0.25, 0.3) is 11.1 Å². The average molecular weight is 558 g/mol. The van der Waals surface area contributed by atoms with E-state index in [1.807, 2.05) is 48.5 Å². The molecule has 0 saturated carbocycles. The van der Waals surface area contributed by atoms with Crippen LogP contribution < -0.4 is 19.8 Å². The molecule has 41 heavy (non-hydrogen) atoms. The molecule has 7 heteroatoms. The van der Waals surface area contributed by atoms with Gasteiger partial charge in [0.15, 0.2) is 5.75 Å². The maximum Gasteiger partial charge on any atom is 0.168 e. The number of rotatable bonds is 18. The van der Waals surface area contributed by atoms with Gasteiger partial charge in [-0.1, -0.05) is 53.5 Å². The van der Waals surface area contributed by atoms with Gasteiger partial charge in [-0.15, -0.1) is 0 Å². The Morgan fingerprint density at radius 1 is 0.488 bits per heavy atom. The molecule has 0 bridgehead atoms. The lowest BCUT2D eigenvalue weighted by atomic mass is 10.0. The van der Waals surface area contributed by atoms with Crippen molar-refractivity contribution in [3.8, 4) is 28.4 Å². The first-order chi connectivity index (χ1) is 20.2. The second-order valence-electron chi connectivity index (χ2n) is 9.55. The molecule has 0 amide bonds. The number of ether oxygens (including phenoxy) is 4. The van der Waals surface area contributed by atoms with Gasteiger partial charge >= 0.3 is 0 Å². The van der Waals surface area contributed by atoms with Crippen molar-refractivity contribution in [1.82, 2.24) is 0 Å². The molecule has 0 spiro atoms. The van der Waals surface area contributed by atoms with Crippen molar-refractivity contribution in [3.63, 3.8) is 0 Å². The smallest absolute Gasteiger partial charge is 0.168 e. The minimum Gasteiger partial charge on any atom is -0.494 e. The molecule has 0 saturated heterocycles. The predicted octanol–water partition coefficient (Wildman–Crippen LogP) is 7.31. The van der Waals surface area contributed by atoms with Gasteiger partial charge < -0.3 is 23.8 Å². The molecule has 7 nitrogen and oxygen atoms in total. The topological polar surface area (TPSA) is 67.4 Å². The van der Waals surface area contributed by atoms with Crippen molar-refractivity contribution in [2.75, 3.05) is 46.1 Å². The second-order valence-corrected chi connectivity index (χ2v) is 9.55. The van der Waals surface area contributed by atoms with Crippen molar-refractivity contribution < 1.29 is 28.8 Å². The Morgan fingerprint density at radius 2 is 0.927 bits per heavy atom. The standard InChI is InChI=1S/C34H39NO6/c1-36-23-3-25-38-32-19-13-30(14-20-32)29-11-7-27(8-12-29)5-6-28-9-17-34(18-10-28)40-41-35-31-15-21-33(22-16-31)39-26-4-24-37-2/h7-22,35H,3-6,23-26H2,1-2H3. The lowest BCUT2D eigenvalue weighted by Gasteiger charge is -2.09. The first kappa shape index (κ1) is 29.9. The Morgan fingerprint density at radius 3 is 1.44 bits per heavy atom. The van der Waals surface area contributed by atoms with Crippen LogP contribution in [0.4, 0.5) is 5.69 Å². The molecule has 0 fully saturated rings. The Hall–Kier alpha value is -4.04. The summed E-state index contributed by atoms with van der Waals surface area (Å²) in [5, 5.41) is 0. The predicted molar refractivity (Wildman–Crippen MR) is 161 cm³/mol. The fraction of sp³-hybridized carbons (Fsp3) is 0.294. The van der Waals surface area contributed by atoms with Crippen LogP contribution in [0.3, 0.4) is 0 Å². The third kappa shape index (κ3) is 10.5. The summed E-state index contributed by atoms with van der Waals surface area (Å²) in [6.45, 7) is 2.67. The molecule has 4 aromatic rings. The molecule has 0 aliphatic heterocycles. The van der Waals surface area contributed by atoms with Gasteiger partial charge in [-0.3, -0.25) is 0 Å². The van der Waals surface area contributed by atoms with Crippen molar-refractivity contribution >= 4 is 5.69 Å². The van der Waals surface area contributed by atoms with E-state index in [9.17, 15) is 0 Å². The lowest BCUT2D eigenvalue weighted by molar-refractivity contribution is -0.178. The third-order valence-electron chi connectivity index (χ3n) is 6.44. The maximum atomic E-state index is 5.75. The highest BCUT2D eigenvalue weighted by atomic mass is 17.3. The fourth-order valence-corrected chi connectivity index (χ4v) is 4.13. The van der Waals surface area contributed by atoms with Crippen LogP contribution in [0.1, 0.15) is 24.0 Å². The van der Waals surface area contributed by atoms with Crippen LogP contribution in [0, 0.1) is 0 Å². The Bertz CT molecular complexity index is 1260. The van der Waals surface area contributed by atoms with E-state index in [4.69, 9.17) is 28.8 Å². The molecule has 0 radical (unpaired) electrons. The number of hydrogen-bond donors (Lipinski definition) is 1. The largest absolute Gasteiger partial charge is 0.494 e. The zero-order chi connectivity index (χ0) is 28.5. The minimum absolute atomic E-state index is 0.616. The van der Waals surface area contributed by atoms with Crippen molar-refractivity contribution in [1.29, 1.82) is 0 Å². The summed E-state index contributed by atoms with van der Waals surface area (Å²) in [6, 6.07) is 32.4. The van der Waals surface area contributed by atoms with Gasteiger partial charge in [0.1, 0.15) is 11.5 Å². The first-order valence-corrected chi connectivity index (χ1v) is 13.9. The number of nitrogens with one attached hydrogen (secondary N) is 1. The number of hydrogen-bond acceptors (Lipinski definition) is 7. The quantitative estimate of drug-likeness (QED) is 0.0782. The highest BCUT2D eigenvalue weighted by Gasteiger charge is 2.03. The summed E-state index contributed by atoms with van der Waals surface area (Å²) in [5.41, 5.74) is 8.44. The zero-order valence-corrected chi connectivity index (χ0v) is 23.8. The molecule has 0 aliphatic rings. The summed E-state index contributed by atoms with van der Waals surface area (Å²) < 4.78 is 21.5. The number of benzene rings is 4. The molecule has 0 atom stereocenters. The van der Waals surface area contributed by atoms with Gasteiger partial charge in [-0.2, -0.15) is 0 Å². The van der Waals surface area contributed by atoms with E-state index in [2.05, 4.69) is 54.0 Å². The molecular formula is C34H39NO6. The van der Waals surface area contributed by atoms with Crippen LogP contribution >= 0.6 is 0 Å². The number of aryl methyl sites for hydroxylation is 2. The SMILES string of the molecule is COCCCOc1ccc(NOOc2ccc(CCc3ccc(-c4ccc(OCCCOC)cc4)cc3)cc2)cc1. The van der Waals surface area contributed by atoms with Gasteiger partial charge in [-0.25, -0.2) is 5.48 Å². The van der Waals surface area contributed by atoms with E-state index in [1.165, 1.54) is 22.3 Å². The van der Waals surface area contributed by atoms with Crippen LogP contribution in [-0.4, -0.2) is 40.6 Å². The Kier molecular flexibility index (Phi) is 12.4. The molecule has 0 unspecified atom stereocenters. The van der Waals surface area contributed by atoms with Gasteiger partial charge in [0.05, 0.1) is 18.9 Å². The number of methoxy groups -OCH3 is 2. The summed E-state index contributed by atoms with van der Waals surface area (Å²) in [7, 11) is 3.39. The molecule has 216 valence electrons. The van der Waals surface area contributed by atoms with Crippen LogP contribution in [0.15, 0.2) is 97.1 Å². The van der Waals surface area contributed by atoms with E-state index in [0.717, 1.165) is 42.9 Å². The van der Waals surface area contributed by atoms with E-state index in [1.54, 1.807) is 14.2 Å².